The average molecular weight is 300 g/mol. The van der Waals surface area contributed by atoms with Crippen molar-refractivity contribution in [2.75, 3.05) is 0 Å². The van der Waals surface area contributed by atoms with Crippen molar-refractivity contribution >= 4 is 5.97 Å². The van der Waals surface area contributed by atoms with E-state index >= 15 is 0 Å². The lowest BCUT2D eigenvalue weighted by atomic mass is 10.2. The average Bonchev–Trinajstić information content (AvgIpc) is 2.98. The van der Waals surface area contributed by atoms with Crippen LogP contribution in [0.15, 0.2) is 48.5 Å². The van der Waals surface area contributed by atoms with Gasteiger partial charge in [-0.05, 0) is 46.8 Å². The molecule has 3 rings (SSSR count). The van der Waals surface area contributed by atoms with E-state index in [0.29, 0.717) is 5.69 Å². The van der Waals surface area contributed by atoms with Gasteiger partial charge in [-0.3, -0.25) is 0 Å². The van der Waals surface area contributed by atoms with E-state index in [2.05, 4.69) is 15.5 Å². The molecule has 0 fully saturated rings. The summed E-state index contributed by atoms with van der Waals surface area (Å²) in [5, 5.41) is 19.8. The minimum atomic E-state index is -1.04. The first kappa shape index (κ1) is 13.7. The molecule has 1 N–H and O–H groups in total. The van der Waals surface area contributed by atoms with Gasteiger partial charge in [-0.15, -0.1) is 0 Å². The van der Waals surface area contributed by atoms with E-state index in [0.717, 1.165) is 0 Å². The van der Waals surface area contributed by atoms with Crippen molar-refractivity contribution in [1.29, 1.82) is 0 Å². The highest BCUT2D eigenvalue weighted by atomic mass is 19.1. The van der Waals surface area contributed by atoms with Crippen LogP contribution in [-0.2, 0) is 0 Å². The number of carbonyl (C=O) groups is 1. The van der Waals surface area contributed by atoms with Crippen molar-refractivity contribution < 1.29 is 19.0 Å². The second-order valence-electron chi connectivity index (χ2n) is 4.26. The van der Waals surface area contributed by atoms with Crippen LogP contribution in [-0.4, -0.2) is 31.3 Å². The van der Waals surface area contributed by atoms with Crippen molar-refractivity contribution in [2.24, 2.45) is 0 Å². The molecule has 0 spiro atoms. The Morgan fingerprint density at radius 3 is 2.55 bits per heavy atom. The fourth-order valence-electron chi connectivity index (χ4n) is 1.78. The molecule has 8 heteroatoms. The molecule has 0 amide bonds. The first-order chi connectivity index (χ1) is 10.6. The van der Waals surface area contributed by atoms with Crippen LogP contribution in [0.2, 0.25) is 0 Å². The molecule has 1 heterocycles. The van der Waals surface area contributed by atoms with Gasteiger partial charge in [0.1, 0.15) is 0 Å². The number of nitrogens with zero attached hydrogens (tertiary/aromatic N) is 4. The predicted octanol–water partition coefficient (Wildman–Crippen LogP) is 2.29. The fraction of sp³-hybridized carbons (Fsp3) is 0. The largest absolute Gasteiger partial charge is 0.478 e. The van der Waals surface area contributed by atoms with Crippen LogP contribution in [0.3, 0.4) is 0 Å². The molecule has 0 saturated carbocycles. The Bertz CT molecular complexity index is 817. The molecule has 1 aromatic heterocycles. The Labute approximate surface area is 123 Å². The number of hydrogen-bond donors (Lipinski definition) is 1. The number of ether oxygens (including phenoxy) is 1. The maximum absolute atomic E-state index is 13.6. The van der Waals surface area contributed by atoms with Gasteiger partial charge in [-0.1, -0.05) is 17.2 Å². The summed E-state index contributed by atoms with van der Waals surface area (Å²) in [5.74, 6) is -1.59. The lowest BCUT2D eigenvalue weighted by Crippen LogP contribution is -2.02. The summed E-state index contributed by atoms with van der Waals surface area (Å²) in [5.41, 5.74) is 0.620. The van der Waals surface area contributed by atoms with Crippen LogP contribution in [0.5, 0.6) is 11.8 Å². The summed E-state index contributed by atoms with van der Waals surface area (Å²) in [4.78, 5) is 10.8. The summed E-state index contributed by atoms with van der Waals surface area (Å²) in [6, 6.07) is 11.7. The number of aromatic carboxylic acids is 1. The maximum Gasteiger partial charge on any atom is 0.346 e. The second-order valence-corrected chi connectivity index (χ2v) is 4.26. The van der Waals surface area contributed by atoms with Gasteiger partial charge < -0.3 is 9.84 Å². The standard InChI is InChI=1S/C14H9FN4O3/c15-11-3-1-2-4-12(11)22-14-16-17-18-19(14)10-7-5-9(6-8-10)13(20)21/h1-8H,(H,20,21). The molecule has 7 nitrogen and oxygen atoms in total. The van der Waals surface area contributed by atoms with E-state index in [1.807, 2.05) is 0 Å². The number of carboxylic acids is 1. The number of hydrogen-bond acceptors (Lipinski definition) is 5. The monoisotopic (exact) mass is 300 g/mol. The molecule has 3 aromatic rings. The fourth-order valence-corrected chi connectivity index (χ4v) is 1.78. The topological polar surface area (TPSA) is 90.1 Å². The summed E-state index contributed by atoms with van der Waals surface area (Å²) in [6.45, 7) is 0. The van der Waals surface area contributed by atoms with E-state index in [1.165, 1.54) is 47.1 Å². The number of carboxylic acid groups (broad SMARTS) is 1. The van der Waals surface area contributed by atoms with E-state index in [1.54, 1.807) is 6.07 Å². The Morgan fingerprint density at radius 2 is 1.86 bits per heavy atom. The third-order valence-electron chi connectivity index (χ3n) is 2.84. The molecule has 0 bridgehead atoms. The molecular weight excluding hydrogens is 291 g/mol. The van der Waals surface area contributed by atoms with E-state index in [-0.39, 0.29) is 17.3 Å². The highest BCUT2D eigenvalue weighted by Gasteiger charge is 2.13. The third kappa shape index (κ3) is 2.62. The van der Waals surface area contributed by atoms with Crippen molar-refractivity contribution in [3.05, 3.63) is 59.9 Å². The van der Waals surface area contributed by atoms with Crippen LogP contribution in [0.4, 0.5) is 4.39 Å². The minimum absolute atomic E-state index is 0.0132. The quantitative estimate of drug-likeness (QED) is 0.795. The zero-order valence-electron chi connectivity index (χ0n) is 11.0. The molecule has 0 atom stereocenters. The lowest BCUT2D eigenvalue weighted by molar-refractivity contribution is 0.0697. The molecule has 0 aliphatic carbocycles. The van der Waals surface area contributed by atoms with Crippen molar-refractivity contribution in [3.8, 4) is 17.4 Å². The van der Waals surface area contributed by atoms with Gasteiger partial charge in [0.2, 0.25) is 0 Å². The van der Waals surface area contributed by atoms with Crippen molar-refractivity contribution in [3.63, 3.8) is 0 Å². The summed E-state index contributed by atoms with van der Waals surface area (Å²) < 4.78 is 20.2. The van der Waals surface area contributed by atoms with E-state index in [9.17, 15) is 9.18 Å². The van der Waals surface area contributed by atoms with Gasteiger partial charge in [-0.25, -0.2) is 9.18 Å². The molecular formula is C14H9FN4O3. The molecule has 0 radical (unpaired) electrons. The van der Waals surface area contributed by atoms with E-state index < -0.39 is 11.8 Å². The number of tetrazole rings is 1. The Hall–Kier alpha value is -3.29. The van der Waals surface area contributed by atoms with Crippen molar-refractivity contribution in [1.82, 2.24) is 20.2 Å². The van der Waals surface area contributed by atoms with Crippen LogP contribution >= 0.6 is 0 Å². The number of rotatable bonds is 4. The Balaban J connectivity index is 1.92. The minimum Gasteiger partial charge on any atom is -0.478 e. The summed E-state index contributed by atoms with van der Waals surface area (Å²) in [7, 11) is 0. The zero-order valence-corrected chi connectivity index (χ0v) is 11.0. The van der Waals surface area contributed by atoms with Gasteiger partial charge >= 0.3 is 12.0 Å². The summed E-state index contributed by atoms with van der Waals surface area (Å²) >= 11 is 0. The maximum atomic E-state index is 13.6. The Morgan fingerprint density at radius 1 is 1.14 bits per heavy atom. The SMILES string of the molecule is O=C(O)c1ccc(-n2nnnc2Oc2ccccc2F)cc1. The van der Waals surface area contributed by atoms with Gasteiger partial charge in [0.05, 0.1) is 11.3 Å². The highest BCUT2D eigenvalue weighted by Crippen LogP contribution is 2.23. The zero-order chi connectivity index (χ0) is 15.5. The van der Waals surface area contributed by atoms with Crippen LogP contribution in [0.1, 0.15) is 10.4 Å². The lowest BCUT2D eigenvalue weighted by Gasteiger charge is -2.06. The predicted molar refractivity (Wildman–Crippen MR) is 72.6 cm³/mol. The molecule has 22 heavy (non-hydrogen) atoms. The molecule has 110 valence electrons. The first-order valence-electron chi connectivity index (χ1n) is 6.19. The molecule has 0 saturated heterocycles. The van der Waals surface area contributed by atoms with Crippen molar-refractivity contribution in [2.45, 2.75) is 0 Å². The van der Waals surface area contributed by atoms with E-state index in [4.69, 9.17) is 9.84 Å². The number of para-hydroxylation sites is 1. The van der Waals surface area contributed by atoms with Crippen LogP contribution < -0.4 is 4.74 Å². The van der Waals surface area contributed by atoms with Gasteiger partial charge in [0, 0.05) is 0 Å². The molecule has 0 aliphatic rings. The molecule has 0 aliphatic heterocycles. The van der Waals surface area contributed by atoms with Gasteiger partial charge in [0.25, 0.3) is 0 Å². The smallest absolute Gasteiger partial charge is 0.346 e. The Kier molecular flexibility index (Phi) is 3.48. The molecule has 0 unspecified atom stereocenters. The highest BCUT2D eigenvalue weighted by molar-refractivity contribution is 5.87. The first-order valence-corrected chi connectivity index (χ1v) is 6.19. The molecule has 2 aromatic carbocycles. The third-order valence-corrected chi connectivity index (χ3v) is 2.84. The number of halogens is 1. The van der Waals surface area contributed by atoms with Crippen LogP contribution in [0.25, 0.3) is 5.69 Å². The second kappa shape index (κ2) is 5.60. The normalized spacial score (nSPS) is 10.4. The van der Waals surface area contributed by atoms with Gasteiger partial charge in [-0.2, -0.15) is 4.68 Å². The number of aromatic nitrogens is 4. The summed E-state index contributed by atoms with van der Waals surface area (Å²) in [6.07, 6.45) is 0. The number of benzene rings is 2. The van der Waals surface area contributed by atoms with Crippen LogP contribution in [0, 0.1) is 5.82 Å². The van der Waals surface area contributed by atoms with Gasteiger partial charge in [0.15, 0.2) is 11.6 Å².